The summed E-state index contributed by atoms with van der Waals surface area (Å²) in [4.78, 5) is 12.6. The van der Waals surface area contributed by atoms with Crippen LogP contribution in [0, 0.1) is 0 Å². The van der Waals surface area contributed by atoms with Crippen LogP contribution in [0.2, 0.25) is 0 Å². The molecule has 0 aliphatic heterocycles. The minimum Gasteiger partial charge on any atom is -0.338 e. The first-order valence-corrected chi connectivity index (χ1v) is 9.69. The van der Waals surface area contributed by atoms with E-state index in [-0.39, 0.29) is 16.7 Å². The number of amides is 1. The molecule has 0 spiro atoms. The van der Waals surface area contributed by atoms with Gasteiger partial charge in [0.25, 0.3) is 5.91 Å². The van der Waals surface area contributed by atoms with E-state index in [1.54, 1.807) is 36.4 Å². The van der Waals surface area contributed by atoms with Crippen molar-refractivity contribution in [1.82, 2.24) is 5.32 Å². The van der Waals surface area contributed by atoms with Crippen molar-refractivity contribution in [2.24, 2.45) is 0 Å². The van der Waals surface area contributed by atoms with Gasteiger partial charge in [-0.15, -0.1) is 0 Å². The third kappa shape index (κ3) is 4.23. The Kier molecular flexibility index (Phi) is 5.78. The number of sulfone groups is 1. The summed E-state index contributed by atoms with van der Waals surface area (Å²) >= 11 is 0. The fourth-order valence-corrected chi connectivity index (χ4v) is 3.52. The van der Waals surface area contributed by atoms with Gasteiger partial charge in [0.2, 0.25) is 0 Å². The summed E-state index contributed by atoms with van der Waals surface area (Å²) < 4.78 is 24.7. The smallest absolute Gasteiger partial charge is 0.252 e. The maximum absolute atomic E-state index is 12.4. The average molecular weight is 345 g/mol. The van der Waals surface area contributed by atoms with E-state index in [1.807, 2.05) is 32.9 Å². The lowest BCUT2D eigenvalue weighted by Crippen LogP contribution is -2.30. The number of hydrogen-bond donors (Lipinski definition) is 1. The molecule has 0 aromatic heterocycles. The van der Waals surface area contributed by atoms with Gasteiger partial charge in [0.1, 0.15) is 5.88 Å². The first kappa shape index (κ1) is 18.2. The molecule has 4 nitrogen and oxygen atoms in total. The third-order valence-electron chi connectivity index (χ3n) is 3.94. The Morgan fingerprint density at radius 3 is 2.25 bits per heavy atom. The first-order valence-electron chi connectivity index (χ1n) is 8.04. The van der Waals surface area contributed by atoms with E-state index in [2.05, 4.69) is 5.32 Å². The SMILES string of the molecule is CCc1ccc(S(=O)(=O)CNC(=O)c2ccccc2C(C)C)cc1. The van der Waals surface area contributed by atoms with Crippen molar-refractivity contribution in [2.75, 3.05) is 5.88 Å². The number of hydrogen-bond acceptors (Lipinski definition) is 3. The molecule has 0 heterocycles. The molecule has 1 amide bonds. The summed E-state index contributed by atoms with van der Waals surface area (Å²) in [5.41, 5.74) is 2.49. The van der Waals surface area contributed by atoms with Crippen LogP contribution in [0.15, 0.2) is 53.4 Å². The monoisotopic (exact) mass is 345 g/mol. The van der Waals surface area contributed by atoms with Crippen molar-refractivity contribution < 1.29 is 13.2 Å². The molecule has 1 N–H and O–H groups in total. The van der Waals surface area contributed by atoms with E-state index < -0.39 is 15.7 Å². The van der Waals surface area contributed by atoms with Gasteiger partial charge in [-0.3, -0.25) is 4.79 Å². The molecule has 24 heavy (non-hydrogen) atoms. The van der Waals surface area contributed by atoms with Crippen LogP contribution in [0.25, 0.3) is 0 Å². The van der Waals surface area contributed by atoms with Gasteiger partial charge in [-0.2, -0.15) is 0 Å². The minimum absolute atomic E-state index is 0.185. The van der Waals surface area contributed by atoms with Crippen molar-refractivity contribution in [1.29, 1.82) is 0 Å². The van der Waals surface area contributed by atoms with Crippen LogP contribution >= 0.6 is 0 Å². The zero-order valence-electron chi connectivity index (χ0n) is 14.2. The fourth-order valence-electron chi connectivity index (χ4n) is 2.48. The highest BCUT2D eigenvalue weighted by Crippen LogP contribution is 2.19. The standard InChI is InChI=1S/C19H23NO3S/c1-4-15-9-11-16(12-10-15)24(22,23)13-20-19(21)18-8-6-5-7-17(18)14(2)3/h5-12,14H,4,13H2,1-3H3,(H,20,21). The van der Waals surface area contributed by atoms with Crippen LogP contribution in [0.4, 0.5) is 0 Å². The highest BCUT2D eigenvalue weighted by molar-refractivity contribution is 7.91. The second kappa shape index (κ2) is 7.62. The van der Waals surface area contributed by atoms with Gasteiger partial charge in [0.15, 0.2) is 9.84 Å². The molecule has 0 aliphatic carbocycles. The molecule has 5 heteroatoms. The van der Waals surface area contributed by atoms with Gasteiger partial charge < -0.3 is 5.32 Å². The molecule has 0 radical (unpaired) electrons. The maximum atomic E-state index is 12.4. The van der Waals surface area contributed by atoms with E-state index in [0.29, 0.717) is 5.56 Å². The van der Waals surface area contributed by atoms with Crippen molar-refractivity contribution in [3.05, 3.63) is 65.2 Å². The number of benzene rings is 2. The molecule has 0 fully saturated rings. The Morgan fingerprint density at radius 2 is 1.67 bits per heavy atom. The summed E-state index contributed by atoms with van der Waals surface area (Å²) in [6, 6.07) is 14.0. The van der Waals surface area contributed by atoms with E-state index in [9.17, 15) is 13.2 Å². The lowest BCUT2D eigenvalue weighted by molar-refractivity contribution is 0.0958. The van der Waals surface area contributed by atoms with Crippen LogP contribution in [0.5, 0.6) is 0 Å². The molecule has 0 unspecified atom stereocenters. The van der Waals surface area contributed by atoms with Crippen molar-refractivity contribution >= 4 is 15.7 Å². The largest absolute Gasteiger partial charge is 0.338 e. The third-order valence-corrected chi connectivity index (χ3v) is 5.46. The second-order valence-corrected chi connectivity index (χ2v) is 7.99. The molecular formula is C19H23NO3S. The molecule has 0 saturated heterocycles. The van der Waals surface area contributed by atoms with E-state index in [4.69, 9.17) is 0 Å². The average Bonchev–Trinajstić information content (AvgIpc) is 2.59. The number of carbonyl (C=O) groups is 1. The first-order chi connectivity index (χ1) is 11.3. The number of rotatable bonds is 6. The number of nitrogens with one attached hydrogen (secondary N) is 1. The zero-order chi connectivity index (χ0) is 17.7. The van der Waals surface area contributed by atoms with Gasteiger partial charge in [-0.05, 0) is 41.7 Å². The van der Waals surface area contributed by atoms with Crippen LogP contribution < -0.4 is 5.32 Å². The Bertz CT molecular complexity index is 809. The van der Waals surface area contributed by atoms with Crippen LogP contribution in [0.3, 0.4) is 0 Å². The molecule has 0 aliphatic rings. The van der Waals surface area contributed by atoms with Crippen molar-refractivity contribution in [3.8, 4) is 0 Å². The minimum atomic E-state index is -3.55. The lowest BCUT2D eigenvalue weighted by atomic mass is 9.97. The van der Waals surface area contributed by atoms with E-state index >= 15 is 0 Å². The highest BCUT2D eigenvalue weighted by atomic mass is 32.2. The van der Waals surface area contributed by atoms with Gasteiger partial charge in [0, 0.05) is 5.56 Å². The molecule has 2 aromatic carbocycles. The molecular weight excluding hydrogens is 322 g/mol. The van der Waals surface area contributed by atoms with Gasteiger partial charge in [-0.25, -0.2) is 8.42 Å². The highest BCUT2D eigenvalue weighted by Gasteiger charge is 2.18. The van der Waals surface area contributed by atoms with E-state index in [1.165, 1.54) is 0 Å². The quantitative estimate of drug-likeness (QED) is 0.871. The van der Waals surface area contributed by atoms with Crippen LogP contribution in [-0.4, -0.2) is 20.2 Å². The molecule has 2 aromatic rings. The van der Waals surface area contributed by atoms with E-state index in [0.717, 1.165) is 17.5 Å². The molecule has 128 valence electrons. The summed E-state index contributed by atoms with van der Waals surface area (Å²) in [7, 11) is -3.55. The van der Waals surface area contributed by atoms with Crippen LogP contribution in [-0.2, 0) is 16.3 Å². The number of carbonyl (C=O) groups excluding carboxylic acids is 1. The molecule has 2 rings (SSSR count). The molecule has 0 bridgehead atoms. The summed E-state index contributed by atoms with van der Waals surface area (Å²) in [6.07, 6.45) is 0.850. The Morgan fingerprint density at radius 1 is 1.04 bits per heavy atom. The van der Waals surface area contributed by atoms with Gasteiger partial charge in [-0.1, -0.05) is 51.1 Å². The predicted molar refractivity (Wildman–Crippen MR) is 95.9 cm³/mol. The summed E-state index contributed by atoms with van der Waals surface area (Å²) in [6.45, 7) is 6.01. The fraction of sp³-hybridized carbons (Fsp3) is 0.316. The Balaban J connectivity index is 2.13. The molecule has 0 atom stereocenters. The summed E-state index contributed by atoms with van der Waals surface area (Å²) in [5.74, 6) is -0.595. The second-order valence-electron chi connectivity index (χ2n) is 6.00. The van der Waals surface area contributed by atoms with Crippen molar-refractivity contribution in [3.63, 3.8) is 0 Å². The maximum Gasteiger partial charge on any atom is 0.252 e. The van der Waals surface area contributed by atoms with Gasteiger partial charge >= 0.3 is 0 Å². The van der Waals surface area contributed by atoms with Gasteiger partial charge in [0.05, 0.1) is 4.90 Å². The summed E-state index contributed by atoms with van der Waals surface area (Å²) in [5, 5.41) is 2.53. The molecule has 0 saturated carbocycles. The van der Waals surface area contributed by atoms with Crippen molar-refractivity contribution in [2.45, 2.75) is 38.0 Å². The number of aryl methyl sites for hydroxylation is 1. The Labute approximate surface area is 143 Å². The zero-order valence-corrected chi connectivity index (χ0v) is 15.1. The van der Waals surface area contributed by atoms with Crippen LogP contribution in [0.1, 0.15) is 48.2 Å². The lowest BCUT2D eigenvalue weighted by Gasteiger charge is -2.13. The predicted octanol–water partition coefficient (Wildman–Crippen LogP) is 3.53. The normalized spacial score (nSPS) is 11.5. The Hall–Kier alpha value is -2.14. The topological polar surface area (TPSA) is 63.2 Å².